The second-order valence-electron chi connectivity index (χ2n) is 9.44. The summed E-state index contributed by atoms with van der Waals surface area (Å²) in [7, 11) is 2.47. The molecule has 5 aromatic rings. The van der Waals surface area contributed by atoms with E-state index < -0.39 is 29.0 Å². The third-order valence-corrected chi connectivity index (χ3v) is 8.68. The zero-order valence-electron chi connectivity index (χ0n) is 25.0. The molecule has 0 atom stereocenters. The van der Waals surface area contributed by atoms with Crippen LogP contribution in [0.1, 0.15) is 51.2 Å². The number of nitrogens with one attached hydrogen (secondary N) is 3. The molecule has 0 fully saturated rings. The Kier molecular flexibility index (Phi) is 10.4. The van der Waals surface area contributed by atoms with Crippen molar-refractivity contribution in [2.75, 3.05) is 39.3 Å². The Morgan fingerprint density at radius 3 is 2.02 bits per heavy atom. The fourth-order valence-corrected chi connectivity index (χ4v) is 6.09. The van der Waals surface area contributed by atoms with Gasteiger partial charge in [-0.1, -0.05) is 32.1 Å². The van der Waals surface area contributed by atoms with Crippen LogP contribution in [0, 0.1) is 8.73 Å². The highest BCUT2D eigenvalue weighted by Gasteiger charge is 2.21. The number of H-pyrrole nitrogens is 2. The molecule has 0 unspecified atom stereocenters. The zero-order valence-corrected chi connectivity index (χ0v) is 27.5. The second-order valence-corrected chi connectivity index (χ2v) is 11.5. The summed E-state index contributed by atoms with van der Waals surface area (Å²) < 4.78 is 11.8. The summed E-state index contributed by atoms with van der Waals surface area (Å²) in [5, 5.41) is 0.390. The third-order valence-electron chi connectivity index (χ3n) is 7.03. The number of hydrogen-bond donors (Lipinski definition) is 3. The maximum absolute atomic E-state index is 13.3. The summed E-state index contributed by atoms with van der Waals surface area (Å²) in [6.45, 7) is 10.1. The highest BCUT2D eigenvalue weighted by Crippen LogP contribution is 2.24. The molecule has 0 aliphatic rings. The number of methoxy groups -OCH3 is 2. The Bertz CT molecular complexity index is 2190. The Morgan fingerprint density at radius 1 is 0.889 bits per heavy atom. The molecular formula is C29H30N6O7S3. The minimum Gasteiger partial charge on any atom is -0.465 e. The highest BCUT2D eigenvalue weighted by molar-refractivity contribution is 7.73. The lowest BCUT2D eigenvalue weighted by Gasteiger charge is -2.13. The van der Waals surface area contributed by atoms with E-state index >= 15 is 0 Å². The number of aromatic amines is 2. The molecule has 0 radical (unpaired) electrons. The van der Waals surface area contributed by atoms with Gasteiger partial charge >= 0.3 is 11.9 Å². The molecule has 5 rings (SSSR count). The first-order valence-electron chi connectivity index (χ1n) is 13.7. The third kappa shape index (κ3) is 6.63. The first-order chi connectivity index (χ1) is 21.5. The Hall–Kier alpha value is -4.51. The molecule has 236 valence electrons. The van der Waals surface area contributed by atoms with E-state index in [-0.39, 0.29) is 46.7 Å². The van der Waals surface area contributed by atoms with Crippen molar-refractivity contribution < 1.29 is 23.9 Å². The van der Waals surface area contributed by atoms with Crippen molar-refractivity contribution in [1.29, 1.82) is 0 Å². The Morgan fingerprint density at radius 2 is 1.47 bits per heavy atom. The van der Waals surface area contributed by atoms with E-state index in [4.69, 9.17) is 33.9 Å². The summed E-state index contributed by atoms with van der Waals surface area (Å²) in [6, 6.07) is 8.57. The normalized spacial score (nSPS) is 11.0. The Labute approximate surface area is 270 Å². The van der Waals surface area contributed by atoms with Gasteiger partial charge in [0.2, 0.25) is 0 Å². The Balaban J connectivity index is 0.000000591. The van der Waals surface area contributed by atoms with Crippen LogP contribution in [-0.2, 0) is 9.47 Å². The molecule has 3 N–H and O–H groups in total. The number of thiazole rings is 1. The largest absolute Gasteiger partial charge is 0.465 e. The van der Waals surface area contributed by atoms with Crippen LogP contribution in [0.2, 0.25) is 0 Å². The number of nitrogens with zero attached hydrogens (tertiary/aromatic N) is 3. The maximum atomic E-state index is 13.3. The number of aromatic nitrogens is 4. The van der Waals surface area contributed by atoms with Gasteiger partial charge in [0.05, 0.1) is 47.2 Å². The lowest BCUT2D eigenvalue weighted by Crippen LogP contribution is -2.34. The number of esters is 2. The highest BCUT2D eigenvalue weighted by atomic mass is 32.1. The molecule has 45 heavy (non-hydrogen) atoms. The number of fused-ring (bicyclic) bond motifs is 4. The van der Waals surface area contributed by atoms with Gasteiger partial charge in [-0.15, -0.1) is 0 Å². The number of carbonyl (C=O) groups is 3. The molecule has 0 aliphatic heterocycles. The minimum atomic E-state index is -0.769. The van der Waals surface area contributed by atoms with Crippen molar-refractivity contribution in [1.82, 2.24) is 23.9 Å². The van der Waals surface area contributed by atoms with Crippen LogP contribution in [0.3, 0.4) is 0 Å². The van der Waals surface area contributed by atoms with Gasteiger partial charge in [0, 0.05) is 0 Å². The number of hydrogen-bond acceptors (Lipinski definition) is 11. The van der Waals surface area contributed by atoms with Gasteiger partial charge in [0.25, 0.3) is 17.0 Å². The molecule has 2 aromatic carbocycles. The molecule has 13 nitrogen and oxygen atoms in total. The molecule has 0 saturated carbocycles. The van der Waals surface area contributed by atoms with E-state index in [2.05, 4.69) is 41.1 Å². The molecule has 1 amide bonds. The molecule has 0 spiro atoms. The maximum Gasteiger partial charge on any atom is 0.337 e. The summed E-state index contributed by atoms with van der Waals surface area (Å²) in [5.74, 6) is -1.97. The first-order valence-corrected chi connectivity index (χ1v) is 15.3. The van der Waals surface area contributed by atoms with Crippen molar-refractivity contribution in [2.45, 2.75) is 20.8 Å². The van der Waals surface area contributed by atoms with Crippen LogP contribution in [0.25, 0.3) is 27.5 Å². The van der Waals surface area contributed by atoms with Gasteiger partial charge < -0.3 is 24.3 Å². The average molecular weight is 671 g/mol. The number of amides is 1. The van der Waals surface area contributed by atoms with Crippen molar-refractivity contribution in [3.8, 4) is 0 Å². The molecular weight excluding hydrogens is 641 g/mol. The van der Waals surface area contributed by atoms with Gasteiger partial charge in [-0.25, -0.2) is 9.59 Å². The molecule has 0 bridgehead atoms. The summed E-state index contributed by atoms with van der Waals surface area (Å²) in [4.78, 5) is 70.9. The number of rotatable bonds is 7. The lowest BCUT2D eigenvalue weighted by molar-refractivity contribution is 0.0592. The van der Waals surface area contributed by atoms with Gasteiger partial charge in [0.1, 0.15) is 10.5 Å². The number of benzene rings is 2. The zero-order chi connectivity index (χ0) is 33.0. The van der Waals surface area contributed by atoms with E-state index in [1.165, 1.54) is 74.7 Å². The summed E-state index contributed by atoms with van der Waals surface area (Å²) in [5.41, 5.74) is 2.32. The standard InChI is InChI=1S/C23H15N5O7S3.C6H15N/c1-34-20(32)9-3-5-11-13(7-9)24-22(36)28(19(11)31)26-18(30)15-16-25-17(29)12-6-4-10(21(33)35-2)8-14(12)27(16)23(37)38-15;1-4-7(5-2)6-3/h3-8H,1-2H3,(H,24,36)(H,25,29)(H,26,30);4-6H2,1-3H3. The summed E-state index contributed by atoms with van der Waals surface area (Å²) in [6.07, 6.45) is 0. The number of carbonyl (C=O) groups excluding carboxylic acids is 3. The smallest absolute Gasteiger partial charge is 0.337 e. The van der Waals surface area contributed by atoms with Crippen molar-refractivity contribution in [3.05, 3.63) is 81.8 Å². The average Bonchev–Trinajstić information content (AvgIpc) is 3.38. The quantitative estimate of drug-likeness (QED) is 0.169. The fraction of sp³-hybridized carbons (Fsp3) is 0.276. The van der Waals surface area contributed by atoms with E-state index in [1.54, 1.807) is 0 Å². The molecule has 3 aromatic heterocycles. The van der Waals surface area contributed by atoms with Crippen molar-refractivity contribution >= 4 is 81.1 Å². The van der Waals surface area contributed by atoms with Crippen LogP contribution in [0.15, 0.2) is 46.0 Å². The van der Waals surface area contributed by atoms with Crippen LogP contribution >= 0.6 is 35.8 Å². The van der Waals surface area contributed by atoms with Crippen molar-refractivity contribution in [2.24, 2.45) is 0 Å². The second kappa shape index (κ2) is 14.1. The van der Waals surface area contributed by atoms with Gasteiger partial charge in [-0.2, -0.15) is 4.68 Å². The molecule has 0 aliphatic carbocycles. The van der Waals surface area contributed by atoms with E-state index in [0.717, 1.165) is 16.0 Å². The summed E-state index contributed by atoms with van der Waals surface area (Å²) >= 11 is 11.6. The van der Waals surface area contributed by atoms with Crippen molar-refractivity contribution in [3.63, 3.8) is 0 Å². The van der Waals surface area contributed by atoms with Crippen LogP contribution < -0.4 is 16.5 Å². The minimum absolute atomic E-state index is 0.0000859. The number of ether oxygens (including phenoxy) is 2. The predicted molar refractivity (Wildman–Crippen MR) is 177 cm³/mol. The van der Waals surface area contributed by atoms with Gasteiger partial charge in [0.15, 0.2) is 8.73 Å². The lowest BCUT2D eigenvalue weighted by atomic mass is 10.1. The van der Waals surface area contributed by atoms with E-state index in [9.17, 15) is 24.0 Å². The molecule has 3 heterocycles. The topological polar surface area (TPSA) is 160 Å². The van der Waals surface area contributed by atoms with Crippen LogP contribution in [0.5, 0.6) is 0 Å². The fourth-order valence-electron chi connectivity index (χ4n) is 4.58. The molecule has 16 heteroatoms. The predicted octanol–water partition coefficient (Wildman–Crippen LogP) is 4.25. The van der Waals surface area contributed by atoms with E-state index in [1.807, 2.05) is 0 Å². The first kappa shape index (κ1) is 33.4. The van der Waals surface area contributed by atoms with Crippen LogP contribution in [0.4, 0.5) is 0 Å². The van der Waals surface area contributed by atoms with Crippen LogP contribution in [-0.4, -0.2) is 75.6 Å². The van der Waals surface area contributed by atoms with E-state index in [0.29, 0.717) is 5.52 Å². The SMILES string of the molecule is CCN(CC)CC.COC(=O)c1ccc2c(=O)n(NC(=O)c3sc(=S)n4c3[nH]c(=O)c3ccc(C(=O)OC)cc34)c(=S)[nH]c2c1. The van der Waals surface area contributed by atoms with Gasteiger partial charge in [-0.05, 0) is 80.5 Å². The molecule has 0 saturated heterocycles. The van der Waals surface area contributed by atoms with Gasteiger partial charge in [-0.3, -0.25) is 24.2 Å². The monoisotopic (exact) mass is 670 g/mol.